The normalized spacial score (nSPS) is 41.7. The van der Waals surface area contributed by atoms with Crippen LogP contribution in [0.2, 0.25) is 0 Å². The molecule has 2 heterocycles. The zero-order valence-corrected chi connectivity index (χ0v) is 19.6. The van der Waals surface area contributed by atoms with Crippen molar-refractivity contribution in [2.45, 2.75) is 85.8 Å². The van der Waals surface area contributed by atoms with Crippen LogP contribution in [-0.2, 0) is 23.7 Å². The molecule has 2 aliphatic rings. The SMILES string of the molecule is O=C(Br)[C@H](O)[C@@H](O)[C@H](O)[C@H](O)CO[C@H]1O[C@H](CO[C@H]2O[C@H](CO)[C@@H](O)[C@H](O)[C@H]2O)[C@@H](O)[C@H](O)[C@H]1O. The maximum atomic E-state index is 11.0. The van der Waals surface area contributed by atoms with Crippen LogP contribution in [0.25, 0.3) is 0 Å². The minimum absolute atomic E-state index is 0.614. The number of carbonyl (C=O) groups excluding carboxylic acids is 1. The predicted octanol–water partition coefficient (Wildman–Crippen LogP) is -7.01. The molecule has 0 aromatic rings. The molecule has 206 valence electrons. The molecular weight excluding hydrogens is 552 g/mol. The first-order valence-electron chi connectivity index (χ1n) is 10.5. The third kappa shape index (κ3) is 7.32. The number of aliphatic hydroxyl groups excluding tert-OH is 11. The maximum absolute atomic E-state index is 11.0. The number of aliphatic hydroxyl groups is 11. The highest BCUT2D eigenvalue weighted by molar-refractivity contribution is 9.18. The van der Waals surface area contributed by atoms with Crippen molar-refractivity contribution in [3.05, 3.63) is 0 Å². The Morgan fingerprint density at radius 1 is 0.743 bits per heavy atom. The Kier molecular flexibility index (Phi) is 11.8. The van der Waals surface area contributed by atoms with Crippen LogP contribution in [0, 0.1) is 0 Å². The van der Waals surface area contributed by atoms with E-state index < -0.39 is 110 Å². The Hall–Kier alpha value is -0.450. The molecule has 11 N–H and O–H groups in total. The first kappa shape index (κ1) is 30.8. The fourth-order valence-corrected chi connectivity index (χ4v) is 3.70. The van der Waals surface area contributed by atoms with E-state index in [1.165, 1.54) is 0 Å². The molecule has 2 saturated heterocycles. The van der Waals surface area contributed by atoms with Crippen molar-refractivity contribution < 1.29 is 79.9 Å². The number of ether oxygens (including phenoxy) is 4. The van der Waals surface area contributed by atoms with E-state index in [0.29, 0.717) is 0 Å². The van der Waals surface area contributed by atoms with Crippen molar-refractivity contribution in [1.29, 1.82) is 0 Å². The number of carbonyl (C=O) groups is 1. The molecule has 14 atom stereocenters. The largest absolute Gasteiger partial charge is 0.394 e. The molecule has 0 spiro atoms. The van der Waals surface area contributed by atoms with E-state index in [1.807, 2.05) is 0 Å². The zero-order valence-electron chi connectivity index (χ0n) is 18.0. The van der Waals surface area contributed by atoms with Crippen LogP contribution in [-0.4, -0.2) is 167 Å². The molecule has 0 bridgehead atoms. The predicted molar refractivity (Wildman–Crippen MR) is 110 cm³/mol. The molecule has 35 heavy (non-hydrogen) atoms. The van der Waals surface area contributed by atoms with Crippen LogP contribution in [0.5, 0.6) is 0 Å². The molecule has 2 rings (SSSR count). The standard InChI is InChI=1S/C18H31BrO16/c19-16(31)13(28)10(25)7(22)4(21)2-32-17-15(30)12(27)9(24)6(35-17)3-33-18-14(29)11(26)8(23)5(1-20)34-18/h4-15,17-18,20-30H,1-3H2/t4-,5-,6-,7-,8-,9-,10+,11+,12+,13-,14-,15-,17+,18+/m1/s1. The van der Waals surface area contributed by atoms with Gasteiger partial charge in [0, 0.05) is 0 Å². The van der Waals surface area contributed by atoms with Crippen LogP contribution in [0.4, 0.5) is 0 Å². The number of halogens is 1. The lowest BCUT2D eigenvalue weighted by Crippen LogP contribution is -2.62. The van der Waals surface area contributed by atoms with Gasteiger partial charge in [-0.15, -0.1) is 0 Å². The first-order valence-corrected chi connectivity index (χ1v) is 11.3. The van der Waals surface area contributed by atoms with Gasteiger partial charge in [-0.2, -0.15) is 0 Å². The molecule has 0 unspecified atom stereocenters. The Balaban J connectivity index is 1.96. The quantitative estimate of drug-likeness (QED) is 0.101. The van der Waals surface area contributed by atoms with E-state index in [-0.39, 0.29) is 0 Å². The van der Waals surface area contributed by atoms with Crippen molar-refractivity contribution in [2.24, 2.45) is 0 Å². The highest BCUT2D eigenvalue weighted by Crippen LogP contribution is 2.26. The first-order chi connectivity index (χ1) is 16.3. The Morgan fingerprint density at radius 2 is 1.23 bits per heavy atom. The Bertz CT molecular complexity index is 670. The van der Waals surface area contributed by atoms with Crippen molar-refractivity contribution >= 4 is 20.6 Å². The van der Waals surface area contributed by atoms with Gasteiger partial charge >= 0.3 is 0 Å². The lowest BCUT2D eigenvalue weighted by molar-refractivity contribution is -0.333. The van der Waals surface area contributed by atoms with Gasteiger partial charge in [-0.05, 0) is 15.9 Å². The summed E-state index contributed by atoms with van der Waals surface area (Å²) in [7, 11) is 0. The van der Waals surface area contributed by atoms with Gasteiger partial charge in [-0.1, -0.05) is 0 Å². The second-order valence-corrected chi connectivity index (χ2v) is 8.96. The van der Waals surface area contributed by atoms with Crippen molar-refractivity contribution in [2.75, 3.05) is 19.8 Å². The van der Waals surface area contributed by atoms with Crippen LogP contribution in [0.1, 0.15) is 0 Å². The number of hydrogen-bond acceptors (Lipinski definition) is 16. The molecule has 0 radical (unpaired) electrons. The molecular formula is C18H31BrO16. The van der Waals surface area contributed by atoms with Gasteiger partial charge < -0.3 is 75.1 Å². The summed E-state index contributed by atoms with van der Waals surface area (Å²) in [4.78, 5) is 11.0. The molecule has 0 aromatic heterocycles. The average molecular weight is 583 g/mol. The van der Waals surface area contributed by atoms with E-state index in [0.717, 1.165) is 0 Å². The van der Waals surface area contributed by atoms with E-state index in [1.54, 1.807) is 0 Å². The summed E-state index contributed by atoms with van der Waals surface area (Å²) in [5.41, 5.74) is 0. The number of hydrogen-bond donors (Lipinski definition) is 11. The third-order valence-corrected chi connectivity index (χ3v) is 6.14. The minimum Gasteiger partial charge on any atom is -0.394 e. The summed E-state index contributed by atoms with van der Waals surface area (Å²) in [5, 5.41) is 108. The Labute approximate surface area is 206 Å². The number of rotatable bonds is 11. The van der Waals surface area contributed by atoms with Crippen LogP contribution >= 0.6 is 15.9 Å². The molecule has 2 aliphatic heterocycles. The van der Waals surface area contributed by atoms with E-state index in [4.69, 9.17) is 18.9 Å². The van der Waals surface area contributed by atoms with E-state index in [9.17, 15) is 61.0 Å². The summed E-state index contributed by atoms with van der Waals surface area (Å²) in [6, 6.07) is 0. The van der Waals surface area contributed by atoms with E-state index in [2.05, 4.69) is 15.9 Å². The van der Waals surface area contributed by atoms with Gasteiger partial charge in [0.2, 0.25) is 4.69 Å². The van der Waals surface area contributed by atoms with Crippen molar-refractivity contribution in [1.82, 2.24) is 0 Å². The summed E-state index contributed by atoms with van der Waals surface area (Å²) >= 11 is 2.39. The Morgan fingerprint density at radius 3 is 1.74 bits per heavy atom. The van der Waals surface area contributed by atoms with Crippen LogP contribution in [0.15, 0.2) is 0 Å². The zero-order chi connectivity index (χ0) is 26.6. The molecule has 17 heteroatoms. The third-order valence-electron chi connectivity index (χ3n) is 5.67. The van der Waals surface area contributed by atoms with Gasteiger partial charge in [0.25, 0.3) is 0 Å². The lowest BCUT2D eigenvalue weighted by atomic mass is 9.98. The summed E-state index contributed by atoms with van der Waals surface area (Å²) in [6.07, 6.45) is -24.6. The molecule has 0 saturated carbocycles. The van der Waals surface area contributed by atoms with E-state index >= 15 is 0 Å². The van der Waals surface area contributed by atoms with Crippen molar-refractivity contribution in [3.63, 3.8) is 0 Å². The van der Waals surface area contributed by atoms with Crippen LogP contribution < -0.4 is 0 Å². The van der Waals surface area contributed by atoms with Gasteiger partial charge in [0.15, 0.2) is 18.7 Å². The highest BCUT2D eigenvalue weighted by atomic mass is 79.9. The smallest absolute Gasteiger partial charge is 0.228 e. The molecule has 16 nitrogen and oxygen atoms in total. The molecule has 2 fully saturated rings. The van der Waals surface area contributed by atoms with Crippen LogP contribution in [0.3, 0.4) is 0 Å². The summed E-state index contributed by atoms with van der Waals surface area (Å²) < 4.78 is 19.8. The van der Waals surface area contributed by atoms with Gasteiger partial charge in [-0.3, -0.25) is 4.79 Å². The molecule has 0 amide bonds. The summed E-state index contributed by atoms with van der Waals surface area (Å²) in [5.74, 6) is 0. The second kappa shape index (κ2) is 13.4. The van der Waals surface area contributed by atoms with Gasteiger partial charge in [0.05, 0.1) is 19.8 Å². The lowest BCUT2D eigenvalue weighted by Gasteiger charge is -2.42. The monoisotopic (exact) mass is 582 g/mol. The van der Waals surface area contributed by atoms with Gasteiger partial charge in [0.1, 0.15) is 67.1 Å². The fourth-order valence-electron chi connectivity index (χ4n) is 3.43. The molecule has 0 aromatic carbocycles. The average Bonchev–Trinajstić information content (AvgIpc) is 2.84. The highest BCUT2D eigenvalue weighted by Gasteiger charge is 2.47. The van der Waals surface area contributed by atoms with Gasteiger partial charge in [-0.25, -0.2) is 0 Å². The second-order valence-electron chi connectivity index (χ2n) is 8.18. The summed E-state index contributed by atoms with van der Waals surface area (Å²) in [6.45, 7) is -2.15. The topological polar surface area (TPSA) is 277 Å². The minimum atomic E-state index is -2.09. The molecule has 0 aliphatic carbocycles. The fraction of sp³-hybridized carbons (Fsp3) is 0.944. The van der Waals surface area contributed by atoms with Crippen molar-refractivity contribution in [3.8, 4) is 0 Å². The maximum Gasteiger partial charge on any atom is 0.228 e.